The summed E-state index contributed by atoms with van der Waals surface area (Å²) in [6.45, 7) is 2.33. The molecule has 0 atom stereocenters. The van der Waals surface area contributed by atoms with Crippen molar-refractivity contribution in [3.05, 3.63) is 53.2 Å². The van der Waals surface area contributed by atoms with Gasteiger partial charge in [0.05, 0.1) is 21.7 Å². The molecule has 1 aromatic heterocycles. The molecule has 1 fully saturated rings. The molecular formula is C20H20N4O5S. The topological polar surface area (TPSA) is 140 Å². The number of nitrogens with one attached hydrogen (secondary N) is 1. The zero-order valence-electron chi connectivity index (χ0n) is 16.2. The van der Waals surface area contributed by atoms with Gasteiger partial charge in [-0.25, -0.2) is 22.9 Å². The van der Waals surface area contributed by atoms with E-state index in [1.807, 2.05) is 11.0 Å². The van der Waals surface area contributed by atoms with Crippen LogP contribution in [0.15, 0.2) is 41.3 Å². The van der Waals surface area contributed by atoms with Gasteiger partial charge < -0.3 is 10.0 Å². The molecule has 2 N–H and O–H groups in total. The predicted molar refractivity (Wildman–Crippen MR) is 107 cm³/mol. The van der Waals surface area contributed by atoms with E-state index in [-0.39, 0.29) is 16.0 Å². The van der Waals surface area contributed by atoms with Gasteiger partial charge in [0.15, 0.2) is 0 Å². The highest BCUT2D eigenvalue weighted by atomic mass is 32.2. The Balaban J connectivity index is 1.69. The Morgan fingerprint density at radius 1 is 1.23 bits per heavy atom. The molecule has 3 rings (SSSR count). The molecule has 1 amide bonds. The molecule has 2 heterocycles. The molecule has 0 aliphatic carbocycles. The third kappa shape index (κ3) is 4.41. The number of carboxylic acids is 1. The van der Waals surface area contributed by atoms with Crippen LogP contribution in [-0.2, 0) is 14.8 Å². The average molecular weight is 428 g/mol. The van der Waals surface area contributed by atoms with E-state index in [0.717, 1.165) is 0 Å². The number of anilines is 1. The fourth-order valence-corrected chi connectivity index (χ4v) is 4.43. The monoisotopic (exact) mass is 428 g/mol. The summed E-state index contributed by atoms with van der Waals surface area (Å²) in [7, 11) is -3.93. The molecule has 1 aliphatic heterocycles. The third-order valence-electron chi connectivity index (χ3n) is 5.00. The lowest BCUT2D eigenvalue weighted by molar-refractivity contribution is -0.123. The van der Waals surface area contributed by atoms with Crippen LogP contribution in [0.5, 0.6) is 0 Å². The minimum Gasteiger partial charge on any atom is -0.478 e. The van der Waals surface area contributed by atoms with Gasteiger partial charge in [0.25, 0.3) is 10.0 Å². The minimum atomic E-state index is -3.93. The van der Waals surface area contributed by atoms with Crippen molar-refractivity contribution in [2.45, 2.75) is 24.7 Å². The lowest BCUT2D eigenvalue weighted by Gasteiger charge is -2.32. The van der Waals surface area contributed by atoms with Crippen molar-refractivity contribution in [3.63, 3.8) is 0 Å². The fourth-order valence-electron chi connectivity index (χ4n) is 3.36. The summed E-state index contributed by atoms with van der Waals surface area (Å²) in [5.74, 6) is -1.84. The van der Waals surface area contributed by atoms with Crippen molar-refractivity contribution in [1.82, 2.24) is 9.71 Å². The fraction of sp³-hybridized carbons (Fsp3) is 0.300. The molecule has 9 nitrogen and oxygen atoms in total. The number of nitrogens with zero attached hydrogens (tertiary/aromatic N) is 3. The van der Waals surface area contributed by atoms with E-state index in [1.54, 1.807) is 25.1 Å². The first-order chi connectivity index (χ1) is 14.2. The maximum Gasteiger partial charge on any atom is 0.337 e. The third-order valence-corrected chi connectivity index (χ3v) is 6.36. The number of hydrogen-bond acceptors (Lipinski definition) is 7. The zero-order chi connectivity index (χ0) is 21.9. The van der Waals surface area contributed by atoms with Gasteiger partial charge >= 0.3 is 5.97 Å². The Kier molecular flexibility index (Phi) is 6.03. The maximum absolute atomic E-state index is 12.5. The Morgan fingerprint density at radius 3 is 2.43 bits per heavy atom. The van der Waals surface area contributed by atoms with Crippen LogP contribution in [0.3, 0.4) is 0 Å². The van der Waals surface area contributed by atoms with Gasteiger partial charge in [-0.15, -0.1) is 0 Å². The number of aromatic nitrogens is 1. The Hall–Kier alpha value is -3.45. The molecule has 156 valence electrons. The quantitative estimate of drug-likeness (QED) is 0.733. The largest absolute Gasteiger partial charge is 0.478 e. The molecule has 2 aromatic rings. The highest BCUT2D eigenvalue weighted by molar-refractivity contribution is 7.90. The molecule has 1 aromatic carbocycles. The number of rotatable bonds is 5. The van der Waals surface area contributed by atoms with E-state index in [1.165, 1.54) is 18.2 Å². The van der Waals surface area contributed by atoms with Crippen molar-refractivity contribution in [2.24, 2.45) is 5.92 Å². The Morgan fingerprint density at radius 2 is 1.87 bits per heavy atom. The second kappa shape index (κ2) is 8.51. The number of pyridine rings is 1. The smallest absolute Gasteiger partial charge is 0.337 e. The summed E-state index contributed by atoms with van der Waals surface area (Å²) in [5.41, 5.74) is 0.411. The molecular weight excluding hydrogens is 408 g/mol. The van der Waals surface area contributed by atoms with Crippen molar-refractivity contribution in [1.29, 1.82) is 5.26 Å². The van der Waals surface area contributed by atoms with Crippen molar-refractivity contribution in [3.8, 4) is 6.07 Å². The number of sulfonamides is 1. The van der Waals surface area contributed by atoms with Crippen LogP contribution in [0.2, 0.25) is 0 Å². The minimum absolute atomic E-state index is 0.0210. The number of nitriles is 1. The van der Waals surface area contributed by atoms with Crippen LogP contribution in [0.1, 0.15) is 34.5 Å². The van der Waals surface area contributed by atoms with Crippen LogP contribution in [0.25, 0.3) is 0 Å². The second-order valence-corrected chi connectivity index (χ2v) is 8.64. The van der Waals surface area contributed by atoms with E-state index >= 15 is 0 Å². The maximum atomic E-state index is 12.5. The van der Waals surface area contributed by atoms with E-state index in [4.69, 9.17) is 0 Å². The van der Waals surface area contributed by atoms with Gasteiger partial charge in [-0.2, -0.15) is 5.26 Å². The summed E-state index contributed by atoms with van der Waals surface area (Å²) in [4.78, 5) is 29.9. The standard InChI is InChI=1S/C20H20N4O5S/c1-13-17(20(26)27)11-15(12-21)18(22-13)24-9-7-14(8-10-24)19(25)23-30(28,29)16-5-3-2-4-6-16/h2-6,11,14H,7-10H2,1H3,(H,23,25)(H,26,27). The van der Waals surface area contributed by atoms with Gasteiger partial charge in [-0.3, -0.25) is 4.79 Å². The Labute approximate surface area is 174 Å². The van der Waals surface area contributed by atoms with Gasteiger partial charge in [0.1, 0.15) is 11.9 Å². The highest BCUT2D eigenvalue weighted by Crippen LogP contribution is 2.27. The lowest BCUT2D eigenvalue weighted by Crippen LogP contribution is -2.42. The van der Waals surface area contributed by atoms with Crippen LogP contribution in [-0.4, -0.2) is 43.5 Å². The van der Waals surface area contributed by atoms with E-state index in [0.29, 0.717) is 37.4 Å². The molecule has 10 heteroatoms. The molecule has 0 bridgehead atoms. The van der Waals surface area contributed by atoms with Gasteiger partial charge in [-0.1, -0.05) is 18.2 Å². The van der Waals surface area contributed by atoms with Gasteiger partial charge in [0.2, 0.25) is 5.91 Å². The lowest BCUT2D eigenvalue weighted by atomic mass is 9.96. The van der Waals surface area contributed by atoms with Crippen molar-refractivity contribution in [2.75, 3.05) is 18.0 Å². The van der Waals surface area contributed by atoms with Gasteiger partial charge in [-0.05, 0) is 38.0 Å². The summed E-state index contributed by atoms with van der Waals surface area (Å²) in [6, 6.07) is 10.9. The van der Waals surface area contributed by atoms with Gasteiger partial charge in [0, 0.05) is 19.0 Å². The molecule has 30 heavy (non-hydrogen) atoms. The van der Waals surface area contributed by atoms with Crippen molar-refractivity contribution >= 4 is 27.7 Å². The molecule has 1 aliphatic rings. The first kappa shape index (κ1) is 21.3. The molecule has 0 radical (unpaired) electrons. The molecule has 0 saturated carbocycles. The molecule has 1 saturated heterocycles. The highest BCUT2D eigenvalue weighted by Gasteiger charge is 2.30. The first-order valence-corrected chi connectivity index (χ1v) is 10.7. The summed E-state index contributed by atoms with van der Waals surface area (Å²) in [5, 5.41) is 18.6. The number of carboxylic acid groups (broad SMARTS) is 1. The number of benzene rings is 1. The summed E-state index contributed by atoms with van der Waals surface area (Å²) >= 11 is 0. The summed E-state index contributed by atoms with van der Waals surface area (Å²) in [6.07, 6.45) is 0.755. The van der Waals surface area contributed by atoms with Crippen molar-refractivity contribution < 1.29 is 23.1 Å². The Bertz CT molecular complexity index is 1120. The van der Waals surface area contributed by atoms with Crippen LogP contribution < -0.4 is 9.62 Å². The first-order valence-electron chi connectivity index (χ1n) is 9.24. The number of carbonyl (C=O) groups is 2. The van der Waals surface area contributed by atoms with Crippen LogP contribution in [0.4, 0.5) is 5.82 Å². The SMILES string of the molecule is Cc1nc(N2CCC(C(=O)NS(=O)(=O)c3ccccc3)CC2)c(C#N)cc1C(=O)O. The average Bonchev–Trinajstić information content (AvgIpc) is 2.73. The van der Waals surface area contributed by atoms with Crippen LogP contribution >= 0.6 is 0 Å². The van der Waals surface area contributed by atoms with E-state index in [9.17, 15) is 28.4 Å². The van der Waals surface area contributed by atoms with Crippen LogP contribution in [0, 0.1) is 24.2 Å². The number of aromatic carboxylic acids is 1. The number of piperidine rings is 1. The predicted octanol–water partition coefficient (Wildman–Crippen LogP) is 1.68. The number of aryl methyl sites for hydroxylation is 1. The number of hydrogen-bond donors (Lipinski definition) is 2. The molecule has 0 unspecified atom stereocenters. The molecule has 0 spiro atoms. The summed E-state index contributed by atoms with van der Waals surface area (Å²) < 4.78 is 26.8. The zero-order valence-corrected chi connectivity index (χ0v) is 17.0. The number of carbonyl (C=O) groups excluding carboxylic acids is 1. The second-order valence-electron chi connectivity index (χ2n) is 6.95. The van der Waals surface area contributed by atoms with E-state index in [2.05, 4.69) is 9.71 Å². The normalized spacial score (nSPS) is 14.7. The van der Waals surface area contributed by atoms with E-state index < -0.39 is 27.8 Å². The number of amides is 1.